The van der Waals surface area contributed by atoms with Gasteiger partial charge in [0.2, 0.25) is 0 Å². The molecule has 1 unspecified atom stereocenters. The van der Waals surface area contributed by atoms with Gasteiger partial charge in [0, 0.05) is 32.2 Å². The Bertz CT molecular complexity index is 323. The average Bonchev–Trinajstić information content (AvgIpc) is 3.21. The van der Waals surface area contributed by atoms with Gasteiger partial charge in [0.25, 0.3) is 0 Å². The third-order valence-corrected chi connectivity index (χ3v) is 3.51. The number of aliphatic hydroxyl groups is 1. The Morgan fingerprint density at radius 2 is 2.10 bits per heavy atom. The monoisotopic (exact) mass is 284 g/mol. The molecular formula is C14H28N4O2. The van der Waals surface area contributed by atoms with Crippen molar-refractivity contribution in [3.05, 3.63) is 0 Å². The van der Waals surface area contributed by atoms with E-state index in [1.165, 1.54) is 12.8 Å². The van der Waals surface area contributed by atoms with Crippen LogP contribution in [0.2, 0.25) is 0 Å². The summed E-state index contributed by atoms with van der Waals surface area (Å²) in [6.07, 6.45) is 2.43. The van der Waals surface area contributed by atoms with Gasteiger partial charge in [0.15, 0.2) is 5.96 Å². The van der Waals surface area contributed by atoms with Crippen molar-refractivity contribution in [1.29, 1.82) is 0 Å². The van der Waals surface area contributed by atoms with Gasteiger partial charge in [-0.1, -0.05) is 0 Å². The molecule has 1 aliphatic heterocycles. The predicted octanol–water partition coefficient (Wildman–Crippen LogP) is -0.213. The first-order chi connectivity index (χ1) is 9.59. The van der Waals surface area contributed by atoms with E-state index in [0.29, 0.717) is 19.1 Å². The molecule has 2 fully saturated rings. The number of hydrogen-bond acceptors (Lipinski definition) is 4. The van der Waals surface area contributed by atoms with Gasteiger partial charge < -0.3 is 20.5 Å². The molecule has 2 rings (SSSR count). The topological polar surface area (TPSA) is 69.1 Å². The van der Waals surface area contributed by atoms with Crippen molar-refractivity contribution in [2.75, 3.05) is 45.9 Å². The maximum atomic E-state index is 10.5. The van der Waals surface area contributed by atoms with Crippen LogP contribution in [0.1, 0.15) is 26.7 Å². The highest BCUT2D eigenvalue weighted by atomic mass is 16.5. The van der Waals surface area contributed by atoms with Crippen LogP contribution in [-0.4, -0.2) is 73.5 Å². The number of rotatable bonds is 6. The molecule has 1 heterocycles. The number of morpholine rings is 1. The van der Waals surface area contributed by atoms with E-state index in [1.54, 1.807) is 0 Å². The van der Waals surface area contributed by atoms with E-state index in [0.717, 1.165) is 38.8 Å². The molecule has 0 aromatic heterocycles. The molecule has 1 saturated carbocycles. The van der Waals surface area contributed by atoms with Gasteiger partial charge in [0.05, 0.1) is 25.4 Å². The molecular weight excluding hydrogens is 256 g/mol. The normalized spacial score (nSPS) is 24.2. The second-order valence-corrected chi connectivity index (χ2v) is 6.00. The number of nitrogens with zero attached hydrogens (tertiary/aromatic N) is 2. The molecule has 0 spiro atoms. The lowest BCUT2D eigenvalue weighted by Gasteiger charge is -2.33. The van der Waals surface area contributed by atoms with Crippen LogP contribution >= 0.6 is 0 Å². The van der Waals surface area contributed by atoms with Crippen molar-refractivity contribution in [2.24, 2.45) is 4.99 Å². The fourth-order valence-corrected chi connectivity index (χ4v) is 2.28. The Morgan fingerprint density at radius 1 is 1.40 bits per heavy atom. The van der Waals surface area contributed by atoms with Crippen LogP contribution in [0, 0.1) is 0 Å². The maximum absolute atomic E-state index is 10.5. The fourth-order valence-electron chi connectivity index (χ4n) is 2.28. The highest BCUT2D eigenvalue weighted by Gasteiger charge is 2.26. The van der Waals surface area contributed by atoms with E-state index < -0.39 is 5.60 Å². The van der Waals surface area contributed by atoms with Crippen molar-refractivity contribution in [3.63, 3.8) is 0 Å². The zero-order valence-electron chi connectivity index (χ0n) is 12.7. The van der Waals surface area contributed by atoms with Crippen molar-refractivity contribution >= 4 is 5.96 Å². The number of β-amino-alcohol motifs (C(OH)–C–C–N with tert-alkyl or cyclic N) is 1. The molecule has 1 saturated heterocycles. The molecule has 0 aromatic rings. The third kappa shape index (κ3) is 5.64. The number of nitrogens with one attached hydrogen (secondary N) is 2. The summed E-state index contributed by atoms with van der Waals surface area (Å²) in [6, 6.07) is 0.567. The highest BCUT2D eigenvalue weighted by Crippen LogP contribution is 2.18. The second kappa shape index (κ2) is 7.24. The van der Waals surface area contributed by atoms with Crippen molar-refractivity contribution in [2.45, 2.75) is 38.3 Å². The lowest BCUT2D eigenvalue weighted by molar-refractivity contribution is -0.0180. The summed E-state index contributed by atoms with van der Waals surface area (Å²) >= 11 is 0. The second-order valence-electron chi connectivity index (χ2n) is 6.00. The number of guanidine groups is 1. The Labute approximate surface area is 121 Å². The molecule has 0 bridgehead atoms. The Balaban J connectivity index is 1.80. The van der Waals surface area contributed by atoms with Gasteiger partial charge >= 0.3 is 0 Å². The molecule has 0 aromatic carbocycles. The molecule has 2 aliphatic rings. The van der Waals surface area contributed by atoms with Crippen LogP contribution in [0.25, 0.3) is 0 Å². The van der Waals surface area contributed by atoms with Crippen LogP contribution in [0.3, 0.4) is 0 Å². The summed E-state index contributed by atoms with van der Waals surface area (Å²) in [7, 11) is 0. The van der Waals surface area contributed by atoms with Gasteiger partial charge in [-0.15, -0.1) is 0 Å². The Hall–Kier alpha value is -0.850. The maximum Gasteiger partial charge on any atom is 0.191 e. The van der Waals surface area contributed by atoms with E-state index in [9.17, 15) is 5.11 Å². The van der Waals surface area contributed by atoms with Gasteiger partial charge in [-0.05, 0) is 26.7 Å². The van der Waals surface area contributed by atoms with Crippen LogP contribution in [0.5, 0.6) is 0 Å². The zero-order valence-corrected chi connectivity index (χ0v) is 12.7. The van der Waals surface area contributed by atoms with Crippen molar-refractivity contribution < 1.29 is 9.84 Å². The van der Waals surface area contributed by atoms with Crippen molar-refractivity contribution in [1.82, 2.24) is 15.5 Å². The highest BCUT2D eigenvalue weighted by molar-refractivity contribution is 5.80. The summed E-state index contributed by atoms with van der Waals surface area (Å²) in [4.78, 5) is 6.75. The standard InChI is InChI=1S/C14H28N4O2/c1-3-15-13(17-12-4-5-12)16-10-14(2,19)11-18-6-8-20-9-7-18/h12,19H,3-11H2,1-2H3,(H2,15,16,17). The number of ether oxygens (including phenoxy) is 1. The lowest BCUT2D eigenvalue weighted by atomic mass is 10.1. The SMILES string of the molecule is CCNC(=NCC(C)(O)CN1CCOCC1)NC1CC1. The zero-order chi connectivity index (χ0) is 14.4. The summed E-state index contributed by atoms with van der Waals surface area (Å²) in [5.41, 5.74) is -0.802. The molecule has 0 amide bonds. The minimum atomic E-state index is -0.802. The first-order valence-electron chi connectivity index (χ1n) is 7.66. The van der Waals surface area contributed by atoms with Gasteiger partial charge in [-0.2, -0.15) is 0 Å². The summed E-state index contributed by atoms with van der Waals surface area (Å²) < 4.78 is 5.32. The van der Waals surface area contributed by atoms with Crippen LogP contribution in [0.15, 0.2) is 4.99 Å². The summed E-state index contributed by atoms with van der Waals surface area (Å²) in [6.45, 7) is 9.08. The molecule has 20 heavy (non-hydrogen) atoms. The molecule has 1 atom stereocenters. The smallest absolute Gasteiger partial charge is 0.191 e. The Morgan fingerprint density at radius 3 is 2.70 bits per heavy atom. The van der Waals surface area contributed by atoms with E-state index >= 15 is 0 Å². The third-order valence-electron chi connectivity index (χ3n) is 3.51. The van der Waals surface area contributed by atoms with Crippen molar-refractivity contribution in [3.8, 4) is 0 Å². The average molecular weight is 284 g/mol. The largest absolute Gasteiger partial charge is 0.387 e. The van der Waals surface area contributed by atoms with Gasteiger partial charge in [-0.3, -0.25) is 9.89 Å². The lowest BCUT2D eigenvalue weighted by Crippen LogP contribution is -2.48. The van der Waals surface area contributed by atoms with E-state index in [2.05, 4.69) is 27.4 Å². The van der Waals surface area contributed by atoms with E-state index in [1.807, 2.05) is 6.92 Å². The molecule has 0 radical (unpaired) electrons. The first kappa shape index (κ1) is 15.5. The van der Waals surface area contributed by atoms with Gasteiger partial charge in [0.1, 0.15) is 0 Å². The Kier molecular flexibility index (Phi) is 5.63. The summed E-state index contributed by atoms with van der Waals surface area (Å²) in [5.74, 6) is 0.817. The predicted molar refractivity (Wildman–Crippen MR) is 80.0 cm³/mol. The van der Waals surface area contributed by atoms with Crippen LogP contribution in [0.4, 0.5) is 0 Å². The fraction of sp³-hybridized carbons (Fsp3) is 0.929. The molecule has 6 nitrogen and oxygen atoms in total. The molecule has 6 heteroatoms. The minimum absolute atomic E-state index is 0.409. The number of hydrogen-bond donors (Lipinski definition) is 3. The van der Waals surface area contributed by atoms with E-state index in [-0.39, 0.29) is 0 Å². The van der Waals surface area contributed by atoms with Crippen LogP contribution in [-0.2, 0) is 4.74 Å². The number of aliphatic imine (C=N–C) groups is 1. The van der Waals surface area contributed by atoms with Gasteiger partial charge in [-0.25, -0.2) is 0 Å². The first-order valence-corrected chi connectivity index (χ1v) is 7.66. The quantitative estimate of drug-likeness (QED) is 0.465. The minimum Gasteiger partial charge on any atom is -0.387 e. The molecule has 3 N–H and O–H groups in total. The molecule has 1 aliphatic carbocycles. The molecule has 116 valence electrons. The van der Waals surface area contributed by atoms with E-state index in [4.69, 9.17) is 4.74 Å². The summed E-state index contributed by atoms with van der Waals surface area (Å²) in [5, 5.41) is 17.1. The van der Waals surface area contributed by atoms with Crippen LogP contribution < -0.4 is 10.6 Å².